The molecule has 1 aliphatic heterocycles. The van der Waals surface area contributed by atoms with Crippen LogP contribution in [0.2, 0.25) is 0 Å². The minimum absolute atomic E-state index is 0.595. The molecular formula is C14H13N3S. The Labute approximate surface area is 112 Å². The first-order valence-corrected chi connectivity index (χ1v) is 6.22. The summed E-state index contributed by atoms with van der Waals surface area (Å²) in [6.45, 7) is 0.595. The number of thiol groups is 1. The number of hydrazine groups is 1. The number of amidine groups is 1. The normalized spacial score (nSPS) is 14.8. The van der Waals surface area contributed by atoms with E-state index in [0.717, 1.165) is 11.4 Å². The predicted octanol–water partition coefficient (Wildman–Crippen LogP) is 3.17. The number of aliphatic imine (C=N–C) groups is 1. The van der Waals surface area contributed by atoms with Gasteiger partial charge in [-0.2, -0.15) is 0 Å². The molecule has 3 nitrogen and oxygen atoms in total. The van der Waals surface area contributed by atoms with E-state index in [1.807, 2.05) is 53.5 Å². The molecule has 0 N–H and O–H groups in total. The number of anilines is 2. The van der Waals surface area contributed by atoms with Crippen LogP contribution in [0.25, 0.3) is 0 Å². The fourth-order valence-electron chi connectivity index (χ4n) is 1.99. The third-order valence-corrected chi connectivity index (χ3v) is 3.16. The summed E-state index contributed by atoms with van der Waals surface area (Å²) in [6.07, 6.45) is 0. The van der Waals surface area contributed by atoms with Crippen molar-refractivity contribution in [3.63, 3.8) is 0 Å². The van der Waals surface area contributed by atoms with Gasteiger partial charge >= 0.3 is 0 Å². The summed E-state index contributed by atoms with van der Waals surface area (Å²) in [7, 11) is 0. The zero-order valence-corrected chi connectivity index (χ0v) is 10.7. The van der Waals surface area contributed by atoms with E-state index in [0.29, 0.717) is 11.8 Å². The maximum Gasteiger partial charge on any atom is 0.181 e. The Balaban J connectivity index is 1.98. The molecule has 2 aromatic carbocycles. The van der Waals surface area contributed by atoms with E-state index in [9.17, 15) is 0 Å². The number of nitrogens with zero attached hydrogens (tertiary/aromatic N) is 3. The van der Waals surface area contributed by atoms with Gasteiger partial charge in [0, 0.05) is 0 Å². The van der Waals surface area contributed by atoms with Crippen LogP contribution < -0.4 is 10.0 Å². The highest BCUT2D eigenvalue weighted by molar-refractivity contribution is 7.97. The molecule has 0 atom stereocenters. The average Bonchev–Trinajstić information content (AvgIpc) is 2.83. The molecule has 90 valence electrons. The molecule has 0 amide bonds. The molecule has 4 heteroatoms. The average molecular weight is 255 g/mol. The molecule has 0 bridgehead atoms. The van der Waals surface area contributed by atoms with Crippen LogP contribution in [0.3, 0.4) is 0 Å². The van der Waals surface area contributed by atoms with Gasteiger partial charge in [-0.15, -0.1) is 12.6 Å². The fraction of sp³-hybridized carbons (Fsp3) is 0.0714. The van der Waals surface area contributed by atoms with Crippen molar-refractivity contribution in [3.05, 3.63) is 60.7 Å². The van der Waals surface area contributed by atoms with Crippen LogP contribution in [0.4, 0.5) is 11.4 Å². The number of benzene rings is 2. The zero-order valence-electron chi connectivity index (χ0n) is 9.77. The van der Waals surface area contributed by atoms with Gasteiger partial charge in [-0.1, -0.05) is 36.4 Å². The van der Waals surface area contributed by atoms with E-state index < -0.39 is 0 Å². The van der Waals surface area contributed by atoms with Gasteiger partial charge < -0.3 is 0 Å². The second-order valence-electron chi connectivity index (χ2n) is 3.98. The molecule has 0 radical (unpaired) electrons. The summed E-state index contributed by atoms with van der Waals surface area (Å²) in [6, 6.07) is 20.3. The number of para-hydroxylation sites is 2. The van der Waals surface area contributed by atoms with Crippen molar-refractivity contribution in [3.8, 4) is 0 Å². The minimum atomic E-state index is 0.595. The fourth-order valence-corrected chi connectivity index (χ4v) is 2.28. The maximum absolute atomic E-state index is 4.44. The van der Waals surface area contributed by atoms with Crippen LogP contribution in [0.5, 0.6) is 0 Å². The topological polar surface area (TPSA) is 18.8 Å². The molecule has 0 fully saturated rings. The third kappa shape index (κ3) is 1.95. The number of hydrogen-bond acceptors (Lipinski definition) is 3. The van der Waals surface area contributed by atoms with Crippen molar-refractivity contribution < 1.29 is 0 Å². The van der Waals surface area contributed by atoms with Crippen LogP contribution in [0.1, 0.15) is 0 Å². The SMILES string of the molecule is SC1=NCN(c2ccccc2)N1c1ccccc1. The first-order chi connectivity index (χ1) is 8.86. The van der Waals surface area contributed by atoms with E-state index in [2.05, 4.69) is 34.8 Å². The highest BCUT2D eigenvalue weighted by Gasteiger charge is 2.24. The summed E-state index contributed by atoms with van der Waals surface area (Å²) in [5, 5.41) is 4.82. The monoisotopic (exact) mass is 255 g/mol. The number of hydrogen-bond donors (Lipinski definition) is 1. The predicted molar refractivity (Wildman–Crippen MR) is 79.1 cm³/mol. The Bertz CT molecular complexity index is 554. The Morgan fingerprint density at radius 3 is 2.00 bits per heavy atom. The van der Waals surface area contributed by atoms with Gasteiger partial charge in [-0.25, -0.2) is 10.0 Å². The second-order valence-corrected chi connectivity index (χ2v) is 4.38. The van der Waals surface area contributed by atoms with Crippen molar-refractivity contribution >= 4 is 29.2 Å². The molecule has 0 unspecified atom stereocenters. The minimum Gasteiger partial charge on any atom is -0.257 e. The van der Waals surface area contributed by atoms with E-state index >= 15 is 0 Å². The van der Waals surface area contributed by atoms with Gasteiger partial charge in [0.2, 0.25) is 0 Å². The molecule has 2 aromatic rings. The first-order valence-electron chi connectivity index (χ1n) is 5.77. The molecule has 0 spiro atoms. The molecule has 3 rings (SSSR count). The van der Waals surface area contributed by atoms with Crippen LogP contribution in [-0.4, -0.2) is 11.8 Å². The summed E-state index contributed by atoms with van der Waals surface area (Å²) in [4.78, 5) is 4.38. The quantitative estimate of drug-likeness (QED) is 0.831. The summed E-state index contributed by atoms with van der Waals surface area (Å²) >= 11 is 4.44. The first kappa shape index (κ1) is 11.2. The standard InChI is InChI=1S/C14H13N3S/c18-14-15-11-16(12-7-3-1-4-8-12)17(14)13-9-5-2-6-10-13/h1-10H,11H2,(H,15,18). The lowest BCUT2D eigenvalue weighted by molar-refractivity contribution is 0.904. The van der Waals surface area contributed by atoms with Crippen LogP contribution in [0.15, 0.2) is 65.7 Å². The van der Waals surface area contributed by atoms with Gasteiger partial charge in [0.05, 0.1) is 11.4 Å². The summed E-state index contributed by atoms with van der Waals surface area (Å²) < 4.78 is 0. The zero-order chi connectivity index (χ0) is 12.4. The molecule has 1 aliphatic rings. The van der Waals surface area contributed by atoms with E-state index in [1.165, 1.54) is 0 Å². The molecule has 0 aromatic heterocycles. The van der Waals surface area contributed by atoms with Gasteiger partial charge in [0.25, 0.3) is 0 Å². The molecule has 0 saturated carbocycles. The van der Waals surface area contributed by atoms with Crippen LogP contribution in [0, 0.1) is 0 Å². The Morgan fingerprint density at radius 2 is 1.39 bits per heavy atom. The third-order valence-electron chi connectivity index (χ3n) is 2.83. The Hall–Kier alpha value is -1.94. The Morgan fingerprint density at radius 1 is 0.833 bits per heavy atom. The van der Waals surface area contributed by atoms with Crippen molar-refractivity contribution in [2.75, 3.05) is 16.7 Å². The van der Waals surface area contributed by atoms with Gasteiger partial charge in [-0.05, 0) is 24.3 Å². The lowest BCUT2D eigenvalue weighted by Gasteiger charge is -2.30. The van der Waals surface area contributed by atoms with Crippen molar-refractivity contribution in [2.24, 2.45) is 4.99 Å². The van der Waals surface area contributed by atoms with Crippen LogP contribution in [-0.2, 0) is 0 Å². The molecule has 0 saturated heterocycles. The smallest absolute Gasteiger partial charge is 0.181 e. The van der Waals surface area contributed by atoms with Gasteiger partial charge in [0.1, 0.15) is 6.67 Å². The highest BCUT2D eigenvalue weighted by Crippen LogP contribution is 2.27. The summed E-state index contributed by atoms with van der Waals surface area (Å²) in [5.41, 5.74) is 2.17. The van der Waals surface area contributed by atoms with Gasteiger partial charge in [-0.3, -0.25) is 5.01 Å². The van der Waals surface area contributed by atoms with Crippen molar-refractivity contribution in [1.82, 2.24) is 0 Å². The highest BCUT2D eigenvalue weighted by atomic mass is 32.1. The molecular weight excluding hydrogens is 242 g/mol. The summed E-state index contributed by atoms with van der Waals surface area (Å²) in [5.74, 6) is 0. The van der Waals surface area contributed by atoms with Crippen molar-refractivity contribution in [1.29, 1.82) is 0 Å². The van der Waals surface area contributed by atoms with Crippen LogP contribution >= 0.6 is 12.6 Å². The van der Waals surface area contributed by atoms with Gasteiger partial charge in [0.15, 0.2) is 5.17 Å². The Kier molecular flexibility index (Phi) is 2.94. The molecule has 18 heavy (non-hydrogen) atoms. The largest absolute Gasteiger partial charge is 0.257 e. The van der Waals surface area contributed by atoms with E-state index in [-0.39, 0.29) is 0 Å². The maximum atomic E-state index is 4.44. The lowest BCUT2D eigenvalue weighted by atomic mass is 10.3. The lowest BCUT2D eigenvalue weighted by Crippen LogP contribution is -2.40. The van der Waals surface area contributed by atoms with Crippen molar-refractivity contribution in [2.45, 2.75) is 0 Å². The molecule has 0 aliphatic carbocycles. The number of rotatable bonds is 2. The second kappa shape index (κ2) is 4.74. The molecule has 1 heterocycles. The van der Waals surface area contributed by atoms with E-state index in [1.54, 1.807) is 0 Å². The van der Waals surface area contributed by atoms with E-state index in [4.69, 9.17) is 0 Å².